The van der Waals surface area contributed by atoms with Crippen LogP contribution in [-0.4, -0.2) is 10.5 Å². The van der Waals surface area contributed by atoms with E-state index in [1.807, 2.05) is 0 Å². The largest absolute Gasteiger partial charge is 0.365 e. The Bertz CT molecular complexity index is 570. The number of benzene rings is 1. The Morgan fingerprint density at radius 1 is 1.25 bits per heavy atom. The molecule has 1 aromatic carbocycles. The van der Waals surface area contributed by atoms with Crippen LogP contribution in [0.4, 0.5) is 5.82 Å². The second kappa shape index (κ2) is 2.97. The summed E-state index contributed by atoms with van der Waals surface area (Å²) in [5.74, 6) is 1.06. The van der Waals surface area contributed by atoms with Gasteiger partial charge < -0.3 is 5.32 Å². The highest BCUT2D eigenvalue weighted by Gasteiger charge is 2.28. The first kappa shape index (κ1) is 9.64. The lowest BCUT2D eigenvalue weighted by molar-refractivity contribution is 0.593. The van der Waals surface area contributed by atoms with Gasteiger partial charge in [-0.3, -0.25) is 0 Å². The van der Waals surface area contributed by atoms with Gasteiger partial charge in [0, 0.05) is 10.9 Å². The van der Waals surface area contributed by atoms with Crippen LogP contribution in [0.15, 0.2) is 24.3 Å². The third kappa shape index (κ3) is 1.45. The van der Waals surface area contributed by atoms with Gasteiger partial charge >= 0.3 is 0 Å². The molecule has 0 atom stereocenters. The molecule has 1 N–H and O–H groups in total. The number of anilines is 1. The molecule has 2 aromatic rings. The number of hydrogen-bond donors (Lipinski definition) is 1. The van der Waals surface area contributed by atoms with Crippen LogP contribution in [0.3, 0.4) is 0 Å². The van der Waals surface area contributed by atoms with Crippen LogP contribution in [0.2, 0.25) is 0 Å². The Hall–Kier alpha value is -1.57. The van der Waals surface area contributed by atoms with E-state index < -0.39 is 0 Å². The summed E-state index contributed by atoms with van der Waals surface area (Å²) >= 11 is 0. The third-order valence-corrected chi connectivity index (χ3v) is 3.14. The summed E-state index contributed by atoms with van der Waals surface area (Å²) in [6.45, 7) is 6.55. The first-order chi connectivity index (χ1) is 7.53. The van der Waals surface area contributed by atoms with Gasteiger partial charge in [-0.2, -0.15) is 0 Å². The Kier molecular flexibility index (Phi) is 1.79. The average Bonchev–Trinajstić information content (AvgIpc) is 2.47. The van der Waals surface area contributed by atoms with Crippen LogP contribution in [0.5, 0.6) is 0 Å². The number of hydrogen-bond acceptors (Lipinski definition) is 2. The minimum Gasteiger partial charge on any atom is -0.365 e. The van der Waals surface area contributed by atoms with Gasteiger partial charge in [-0.25, -0.2) is 4.98 Å². The van der Waals surface area contributed by atoms with Gasteiger partial charge in [0.1, 0.15) is 5.82 Å². The number of aromatic nitrogens is 1. The molecule has 3 rings (SSSR count). The second-order valence-corrected chi connectivity index (χ2v) is 5.38. The van der Waals surface area contributed by atoms with Crippen molar-refractivity contribution < 1.29 is 0 Å². The predicted molar refractivity (Wildman–Crippen MR) is 67.9 cm³/mol. The molecule has 82 valence electrons. The fourth-order valence-corrected chi connectivity index (χ4v) is 2.42. The zero-order valence-corrected chi connectivity index (χ0v) is 9.96. The van der Waals surface area contributed by atoms with E-state index in [0.717, 1.165) is 17.8 Å². The number of nitrogens with one attached hydrogen (secondary N) is 1. The molecule has 0 saturated heterocycles. The highest BCUT2D eigenvalue weighted by Crippen LogP contribution is 2.32. The number of pyridine rings is 1. The molecule has 0 spiro atoms. The van der Waals surface area contributed by atoms with Gasteiger partial charge in [-0.15, -0.1) is 0 Å². The molecule has 0 radical (unpaired) electrons. The lowest BCUT2D eigenvalue weighted by atomic mass is 10.00. The highest BCUT2D eigenvalue weighted by molar-refractivity contribution is 5.83. The van der Waals surface area contributed by atoms with Crippen LogP contribution in [0.25, 0.3) is 10.9 Å². The molecule has 0 aliphatic carbocycles. The SMILES string of the molecule is Cc1ccc2nc3c(cc2c1)CC(C)(C)N3. The first-order valence-corrected chi connectivity index (χ1v) is 5.72. The van der Waals surface area contributed by atoms with E-state index in [2.05, 4.69) is 55.3 Å². The normalized spacial score (nSPS) is 17.2. The van der Waals surface area contributed by atoms with Crippen molar-refractivity contribution in [2.45, 2.75) is 32.7 Å². The molecule has 0 unspecified atom stereocenters. The van der Waals surface area contributed by atoms with E-state index >= 15 is 0 Å². The molecule has 0 amide bonds. The molecule has 1 aliphatic heterocycles. The predicted octanol–water partition coefficient (Wildman–Crippen LogP) is 3.29. The number of rotatable bonds is 0. The summed E-state index contributed by atoms with van der Waals surface area (Å²) in [4.78, 5) is 4.68. The minimum atomic E-state index is 0.141. The van der Waals surface area contributed by atoms with Crippen molar-refractivity contribution in [3.05, 3.63) is 35.4 Å². The molecule has 2 heterocycles. The summed E-state index contributed by atoms with van der Waals surface area (Å²) < 4.78 is 0. The van der Waals surface area contributed by atoms with Crippen LogP contribution in [0, 0.1) is 6.92 Å². The maximum Gasteiger partial charge on any atom is 0.130 e. The second-order valence-electron chi connectivity index (χ2n) is 5.38. The maximum atomic E-state index is 4.68. The van der Waals surface area contributed by atoms with Gasteiger partial charge in [-0.05, 0) is 51.0 Å². The van der Waals surface area contributed by atoms with E-state index in [9.17, 15) is 0 Å². The molecule has 1 aliphatic rings. The Morgan fingerprint density at radius 2 is 2.06 bits per heavy atom. The van der Waals surface area contributed by atoms with Crippen molar-refractivity contribution in [3.8, 4) is 0 Å². The van der Waals surface area contributed by atoms with Crippen LogP contribution >= 0.6 is 0 Å². The van der Waals surface area contributed by atoms with E-state index in [1.165, 1.54) is 16.5 Å². The first-order valence-electron chi connectivity index (χ1n) is 5.72. The van der Waals surface area contributed by atoms with Gasteiger partial charge in [-0.1, -0.05) is 11.6 Å². The van der Waals surface area contributed by atoms with Crippen molar-refractivity contribution in [2.75, 3.05) is 5.32 Å². The van der Waals surface area contributed by atoms with Crippen molar-refractivity contribution in [2.24, 2.45) is 0 Å². The van der Waals surface area contributed by atoms with Crippen molar-refractivity contribution >= 4 is 16.7 Å². The summed E-state index contributed by atoms with van der Waals surface area (Å²) in [6, 6.07) is 8.68. The van der Waals surface area contributed by atoms with Crippen molar-refractivity contribution in [1.82, 2.24) is 4.98 Å². The fraction of sp³-hybridized carbons (Fsp3) is 0.357. The topological polar surface area (TPSA) is 24.9 Å². The zero-order chi connectivity index (χ0) is 11.3. The molecule has 2 heteroatoms. The monoisotopic (exact) mass is 212 g/mol. The van der Waals surface area contributed by atoms with Crippen LogP contribution in [-0.2, 0) is 6.42 Å². The van der Waals surface area contributed by atoms with Gasteiger partial charge in [0.05, 0.1) is 5.52 Å². The Morgan fingerprint density at radius 3 is 2.88 bits per heavy atom. The quantitative estimate of drug-likeness (QED) is 0.724. The molecular formula is C14H16N2. The van der Waals surface area contributed by atoms with Crippen molar-refractivity contribution in [3.63, 3.8) is 0 Å². The fourth-order valence-electron chi connectivity index (χ4n) is 2.42. The van der Waals surface area contributed by atoms with E-state index in [-0.39, 0.29) is 5.54 Å². The smallest absolute Gasteiger partial charge is 0.130 e. The number of nitrogens with zero attached hydrogens (tertiary/aromatic N) is 1. The minimum absolute atomic E-state index is 0.141. The van der Waals surface area contributed by atoms with E-state index in [0.29, 0.717) is 0 Å². The zero-order valence-electron chi connectivity index (χ0n) is 9.96. The number of aryl methyl sites for hydroxylation is 1. The molecule has 1 aromatic heterocycles. The molecular weight excluding hydrogens is 196 g/mol. The Labute approximate surface area is 95.7 Å². The van der Waals surface area contributed by atoms with E-state index in [1.54, 1.807) is 0 Å². The molecule has 0 saturated carbocycles. The Balaban J connectivity index is 2.22. The molecule has 0 fully saturated rings. The highest BCUT2D eigenvalue weighted by atomic mass is 15.1. The molecule has 0 bridgehead atoms. The van der Waals surface area contributed by atoms with E-state index in [4.69, 9.17) is 0 Å². The lowest BCUT2D eigenvalue weighted by Gasteiger charge is -2.17. The standard InChI is InChI=1S/C14H16N2/c1-9-4-5-12-10(6-9)7-11-8-14(2,3)16-13(11)15-12/h4-7H,8H2,1-3H3,(H,15,16). The molecule has 16 heavy (non-hydrogen) atoms. The average molecular weight is 212 g/mol. The van der Waals surface area contributed by atoms with Gasteiger partial charge in [0.25, 0.3) is 0 Å². The van der Waals surface area contributed by atoms with Crippen LogP contribution in [0.1, 0.15) is 25.0 Å². The summed E-state index contributed by atoms with van der Waals surface area (Å²) in [6.07, 6.45) is 1.05. The van der Waals surface area contributed by atoms with Gasteiger partial charge in [0.15, 0.2) is 0 Å². The lowest BCUT2D eigenvalue weighted by Crippen LogP contribution is -2.27. The third-order valence-electron chi connectivity index (χ3n) is 3.14. The maximum absolute atomic E-state index is 4.68. The summed E-state index contributed by atoms with van der Waals surface area (Å²) in [7, 11) is 0. The van der Waals surface area contributed by atoms with Gasteiger partial charge in [0.2, 0.25) is 0 Å². The van der Waals surface area contributed by atoms with Crippen molar-refractivity contribution in [1.29, 1.82) is 0 Å². The van der Waals surface area contributed by atoms with Crippen LogP contribution < -0.4 is 5.32 Å². The summed E-state index contributed by atoms with van der Waals surface area (Å²) in [5.41, 5.74) is 3.85. The molecule has 2 nitrogen and oxygen atoms in total. The summed E-state index contributed by atoms with van der Waals surface area (Å²) in [5, 5.41) is 4.72. The number of fused-ring (bicyclic) bond motifs is 2.